The van der Waals surface area contributed by atoms with Gasteiger partial charge in [0.25, 0.3) is 0 Å². The van der Waals surface area contributed by atoms with Crippen molar-refractivity contribution in [2.24, 2.45) is 0 Å². The minimum absolute atomic E-state index is 0.00482. The fraction of sp³-hybridized carbons (Fsp3) is 0.385. The Bertz CT molecular complexity index is 5400. The van der Waals surface area contributed by atoms with E-state index in [1.165, 1.54) is 336 Å². The molecule has 0 amide bonds. The number of hydrogen-bond donors (Lipinski definition) is 0. The number of nitrogens with zero attached hydrogens (tertiary/aromatic N) is 2. The molecule has 12 aromatic rings. The van der Waals surface area contributed by atoms with E-state index in [9.17, 15) is 0 Å². The third-order valence-electron chi connectivity index (χ3n) is 29.4. The number of fused-ring (bicyclic) bond motifs is 11. The molecule has 0 saturated heterocycles. The largest absolute Gasteiger partial charge is 0.310 e. The van der Waals surface area contributed by atoms with Crippen molar-refractivity contribution >= 4 is 34.1 Å². The highest BCUT2D eigenvalue weighted by atomic mass is 15.1. The molecular formula is C117H132N2. The molecule has 0 radical (unpaired) electrons. The number of anilines is 6. The van der Waals surface area contributed by atoms with E-state index < -0.39 is 5.41 Å². The summed E-state index contributed by atoms with van der Waals surface area (Å²) < 4.78 is 0. The van der Waals surface area contributed by atoms with E-state index in [1.807, 2.05) is 0 Å². The lowest BCUT2D eigenvalue weighted by Gasteiger charge is -2.37. The summed E-state index contributed by atoms with van der Waals surface area (Å²) in [5.74, 6) is 0.536. The highest BCUT2D eigenvalue weighted by molar-refractivity contribution is 5.92. The first-order valence-electron chi connectivity index (χ1n) is 47.5. The third-order valence-corrected chi connectivity index (χ3v) is 29.4. The van der Waals surface area contributed by atoms with Gasteiger partial charge in [0.05, 0.1) is 5.41 Å². The summed E-state index contributed by atoms with van der Waals surface area (Å²) in [7, 11) is 0. The van der Waals surface area contributed by atoms with Crippen molar-refractivity contribution in [3.8, 4) is 55.6 Å². The van der Waals surface area contributed by atoms with Gasteiger partial charge in [0.1, 0.15) is 0 Å². The Morgan fingerprint density at radius 1 is 0.261 bits per heavy atom. The van der Waals surface area contributed by atoms with Gasteiger partial charge >= 0.3 is 0 Å². The first-order valence-corrected chi connectivity index (χ1v) is 47.5. The zero-order chi connectivity index (χ0) is 81.5. The van der Waals surface area contributed by atoms with Gasteiger partial charge in [0.2, 0.25) is 0 Å². The predicted molar refractivity (Wildman–Crippen MR) is 511 cm³/mol. The van der Waals surface area contributed by atoms with Crippen molar-refractivity contribution in [3.63, 3.8) is 0 Å². The predicted octanol–water partition coefficient (Wildman–Crippen LogP) is 34.2. The van der Waals surface area contributed by atoms with E-state index in [1.54, 1.807) is 11.1 Å². The Morgan fingerprint density at radius 2 is 0.580 bits per heavy atom. The Balaban J connectivity index is 0.746. The monoisotopic (exact) mass is 1570 g/mol. The Hall–Kier alpha value is -9.76. The van der Waals surface area contributed by atoms with Gasteiger partial charge in [-0.25, -0.2) is 0 Å². The summed E-state index contributed by atoms with van der Waals surface area (Å²) in [6.07, 6.45) is 41.6. The molecule has 5 aliphatic rings. The van der Waals surface area contributed by atoms with Gasteiger partial charge in [0, 0.05) is 45.0 Å². The van der Waals surface area contributed by atoms with Crippen molar-refractivity contribution in [2.45, 2.75) is 289 Å². The summed E-state index contributed by atoms with van der Waals surface area (Å²) in [5.41, 5.74) is 41.9. The number of unbranched alkanes of at least 4 members (excludes halogenated alkanes) is 20. The topological polar surface area (TPSA) is 6.48 Å². The van der Waals surface area contributed by atoms with Gasteiger partial charge in [-0.2, -0.15) is 0 Å². The fourth-order valence-electron chi connectivity index (χ4n) is 22.1. The number of rotatable bonds is 40. The average Bonchev–Trinajstić information content (AvgIpc) is 0.981. The van der Waals surface area contributed by atoms with E-state index in [2.05, 4.69) is 314 Å². The first-order chi connectivity index (χ1) is 58.5. The molecule has 2 nitrogen and oxygen atoms in total. The van der Waals surface area contributed by atoms with E-state index >= 15 is 0 Å². The van der Waals surface area contributed by atoms with Gasteiger partial charge in [-0.15, -0.1) is 0 Å². The van der Waals surface area contributed by atoms with Crippen LogP contribution >= 0.6 is 0 Å². The van der Waals surface area contributed by atoms with Crippen molar-refractivity contribution in [1.29, 1.82) is 0 Å². The molecule has 1 atom stereocenters. The van der Waals surface area contributed by atoms with E-state index in [0.29, 0.717) is 5.92 Å². The zero-order valence-electron chi connectivity index (χ0n) is 73.5. The summed E-state index contributed by atoms with van der Waals surface area (Å²) in [4.78, 5) is 5.15. The van der Waals surface area contributed by atoms with Crippen LogP contribution in [0.25, 0.3) is 55.6 Å². The second-order valence-electron chi connectivity index (χ2n) is 37.0. The van der Waals surface area contributed by atoms with Crippen LogP contribution in [0.15, 0.2) is 249 Å². The Labute approximate surface area is 716 Å². The Kier molecular flexibility index (Phi) is 25.1. The fourth-order valence-corrected chi connectivity index (χ4v) is 22.1. The highest BCUT2D eigenvalue weighted by Gasteiger charge is 2.49. The van der Waals surface area contributed by atoms with Gasteiger partial charge in [0.15, 0.2) is 0 Å². The van der Waals surface area contributed by atoms with Crippen LogP contribution in [0, 0.1) is 13.8 Å². The van der Waals surface area contributed by atoms with Crippen molar-refractivity contribution in [1.82, 2.24) is 0 Å². The maximum atomic E-state index is 2.69. The number of hydrogen-bond acceptors (Lipinski definition) is 2. The molecule has 0 bridgehead atoms. The average molecular weight is 1570 g/mol. The molecule has 0 N–H and O–H groups in total. The molecule has 0 aromatic heterocycles. The van der Waals surface area contributed by atoms with E-state index in [0.717, 1.165) is 37.8 Å². The number of aryl methyl sites for hydroxylation is 6. The molecule has 0 aliphatic heterocycles. The summed E-state index contributed by atoms with van der Waals surface area (Å²) >= 11 is 0. The van der Waals surface area contributed by atoms with E-state index in [4.69, 9.17) is 0 Å². The molecule has 0 saturated carbocycles. The van der Waals surface area contributed by atoms with Crippen LogP contribution in [-0.2, 0) is 41.9 Å². The smallest absolute Gasteiger partial charge is 0.0713 e. The maximum Gasteiger partial charge on any atom is 0.0713 e. The van der Waals surface area contributed by atoms with Gasteiger partial charge in [-0.05, 0) is 290 Å². The molecule has 2 heteroatoms. The second-order valence-corrected chi connectivity index (χ2v) is 37.0. The second kappa shape index (κ2) is 36.7. The quantitative estimate of drug-likeness (QED) is 0.0353. The van der Waals surface area contributed by atoms with Crippen LogP contribution in [-0.4, -0.2) is 0 Å². The summed E-state index contributed by atoms with van der Waals surface area (Å²) in [6, 6.07) is 100. The van der Waals surface area contributed by atoms with Gasteiger partial charge in [-0.1, -0.05) is 371 Å². The molecule has 17 rings (SSSR count). The van der Waals surface area contributed by atoms with Crippen LogP contribution in [0.1, 0.15) is 317 Å². The van der Waals surface area contributed by atoms with Crippen LogP contribution in [0.3, 0.4) is 0 Å². The molecule has 1 unspecified atom stereocenters. The minimum Gasteiger partial charge on any atom is -0.310 e. The molecule has 610 valence electrons. The number of benzene rings is 12. The molecule has 119 heavy (non-hydrogen) atoms. The lowest BCUT2D eigenvalue weighted by atomic mass is 9.65. The molecule has 5 aliphatic carbocycles. The molecular weight excluding hydrogens is 1430 g/mol. The van der Waals surface area contributed by atoms with Gasteiger partial charge in [-0.3, -0.25) is 0 Å². The molecule has 0 heterocycles. The Morgan fingerprint density at radius 3 is 0.975 bits per heavy atom. The SMILES string of the molecule is CCCCCCCCC1(CCCCCCCC)c2cc(-c3ccc(N(c4ccc(C)cc4)c4ccc5c(c4)C(CCCCCCCC)(CCCCCCCC)c4cc(N(c6ccc(C)cc6)c6ccc(-c7ccc8c(c7)C(c7ccc9c(c7)CC9)(c7ccc9c(c7)CC9)c7ccccc7-8)cc6)ccc4-5)cc3)ccc2-c2ccc(C(C)CC)cc21. The summed E-state index contributed by atoms with van der Waals surface area (Å²) in [5, 5.41) is 0. The molecule has 0 spiro atoms. The molecule has 0 fully saturated rings. The van der Waals surface area contributed by atoms with Crippen LogP contribution in [0.4, 0.5) is 34.1 Å². The highest BCUT2D eigenvalue weighted by Crippen LogP contribution is 2.61. The lowest BCUT2D eigenvalue weighted by molar-refractivity contribution is 0.397. The maximum absolute atomic E-state index is 2.69. The van der Waals surface area contributed by atoms with Crippen LogP contribution in [0.5, 0.6) is 0 Å². The van der Waals surface area contributed by atoms with Crippen LogP contribution < -0.4 is 9.80 Å². The summed E-state index contributed by atoms with van der Waals surface area (Å²) in [6.45, 7) is 18.7. The van der Waals surface area contributed by atoms with Crippen molar-refractivity contribution < 1.29 is 0 Å². The van der Waals surface area contributed by atoms with E-state index in [-0.39, 0.29) is 10.8 Å². The standard InChI is InChI=1S/C117H132N2/c1-9-14-18-22-26-32-72-115(73-33-27-23-19-15-10-2)110-78-90(85(8)13-5)52-67-104(110)105-68-53-93(79-111(105)115)88-48-61-99(62-49-88)118(97-57-38-83(6)39-58-97)101-65-70-106-107-71-66-102(82-113(107)116(112(106)81-101,74-34-28-24-20-16-11-3)75-35-29-25-21-17-12-4)119(98-59-40-84(7)41-60-98)100-63-50-89(51-64-100)94-54-69-108-103-36-30-31-37-109(103)117(114(108)80-94,95-55-46-86-42-44-91(86)76-95)96-56-47-87-43-45-92(87)77-96/h30-31,36-41,46-71,76-82,85H,9-29,32-35,42-45,72-75H2,1-8H3. The third kappa shape index (κ3) is 16.0. The molecule has 12 aromatic carbocycles. The van der Waals surface area contributed by atoms with Crippen LogP contribution in [0.2, 0.25) is 0 Å². The first kappa shape index (κ1) is 81.6. The normalized spacial score (nSPS) is 14.6. The zero-order valence-corrected chi connectivity index (χ0v) is 73.5. The van der Waals surface area contributed by atoms with Crippen molar-refractivity contribution in [3.05, 3.63) is 332 Å². The van der Waals surface area contributed by atoms with Crippen molar-refractivity contribution in [2.75, 3.05) is 9.80 Å². The lowest BCUT2D eigenvalue weighted by Crippen LogP contribution is -2.30. The minimum atomic E-state index is -0.439. The van der Waals surface area contributed by atoms with Gasteiger partial charge < -0.3 is 9.80 Å².